The standard InChI is InChI=1S/C4H4N3O4P/c8-4(9)3-2(7(10)11)1-6(12)5-3/h1H,12H2,(H,8,9). The van der Waals surface area contributed by atoms with E-state index in [4.69, 9.17) is 5.11 Å². The molecule has 0 aliphatic carbocycles. The molecule has 64 valence electrons. The summed E-state index contributed by atoms with van der Waals surface area (Å²) in [7, 11) is 2.01. The van der Waals surface area contributed by atoms with Gasteiger partial charge in [0.2, 0.25) is 5.69 Å². The summed E-state index contributed by atoms with van der Waals surface area (Å²) < 4.78 is 1.00. The maximum absolute atomic E-state index is 10.4. The van der Waals surface area contributed by atoms with Gasteiger partial charge in [0.1, 0.15) is 6.20 Å². The highest BCUT2D eigenvalue weighted by Gasteiger charge is 2.23. The molecule has 7 nitrogen and oxygen atoms in total. The third-order valence-electron chi connectivity index (χ3n) is 1.11. The first-order valence-corrected chi connectivity index (χ1v) is 3.26. The first-order valence-electron chi connectivity index (χ1n) is 2.75. The second-order valence-electron chi connectivity index (χ2n) is 1.91. The van der Waals surface area contributed by atoms with Gasteiger partial charge in [0.25, 0.3) is 0 Å². The van der Waals surface area contributed by atoms with Crippen LogP contribution < -0.4 is 0 Å². The van der Waals surface area contributed by atoms with Crippen LogP contribution >= 0.6 is 9.39 Å². The van der Waals surface area contributed by atoms with Crippen molar-refractivity contribution in [3.63, 3.8) is 0 Å². The Bertz CT molecular complexity index is 315. The molecular weight excluding hydrogens is 185 g/mol. The maximum Gasteiger partial charge on any atom is 0.363 e. The summed E-state index contributed by atoms with van der Waals surface area (Å²) in [6.45, 7) is 0. The molecule has 0 amide bonds. The van der Waals surface area contributed by atoms with Crippen LogP contribution in [0.1, 0.15) is 10.5 Å². The largest absolute Gasteiger partial charge is 0.476 e. The summed E-state index contributed by atoms with van der Waals surface area (Å²) in [5, 5.41) is 22.0. The fraction of sp³-hybridized carbons (Fsp3) is 0. The molecule has 1 heterocycles. The van der Waals surface area contributed by atoms with Crippen molar-refractivity contribution in [2.45, 2.75) is 0 Å². The highest BCUT2D eigenvalue weighted by molar-refractivity contribution is 7.14. The Balaban J connectivity index is 3.26. The van der Waals surface area contributed by atoms with Crippen molar-refractivity contribution in [1.29, 1.82) is 0 Å². The third kappa shape index (κ3) is 1.40. The lowest BCUT2D eigenvalue weighted by molar-refractivity contribution is -0.385. The van der Waals surface area contributed by atoms with Gasteiger partial charge in [0.15, 0.2) is 0 Å². The molecule has 0 saturated carbocycles. The van der Waals surface area contributed by atoms with Gasteiger partial charge < -0.3 is 5.11 Å². The molecule has 0 aliphatic heterocycles. The number of carbonyl (C=O) groups is 1. The van der Waals surface area contributed by atoms with Gasteiger partial charge in [-0.2, -0.15) is 5.10 Å². The van der Waals surface area contributed by atoms with Crippen LogP contribution in [0.15, 0.2) is 6.20 Å². The zero-order chi connectivity index (χ0) is 9.30. The van der Waals surface area contributed by atoms with Crippen molar-refractivity contribution >= 4 is 21.0 Å². The molecule has 1 aromatic heterocycles. The van der Waals surface area contributed by atoms with E-state index in [0.717, 1.165) is 10.6 Å². The summed E-state index contributed by atoms with van der Waals surface area (Å²) in [4.78, 5) is 19.8. The number of hydrogen-bond acceptors (Lipinski definition) is 4. The van der Waals surface area contributed by atoms with Gasteiger partial charge in [0.05, 0.1) is 4.92 Å². The van der Waals surface area contributed by atoms with Crippen LogP contribution in [0.25, 0.3) is 0 Å². The predicted octanol–water partition coefficient (Wildman–Crippen LogP) is 0.128. The van der Waals surface area contributed by atoms with Gasteiger partial charge in [-0.05, 0) is 9.39 Å². The number of aromatic nitrogens is 2. The summed E-state index contributed by atoms with van der Waals surface area (Å²) in [6, 6.07) is 0. The Morgan fingerprint density at radius 3 is 2.75 bits per heavy atom. The molecule has 0 fully saturated rings. The monoisotopic (exact) mass is 189 g/mol. The second kappa shape index (κ2) is 2.86. The van der Waals surface area contributed by atoms with Crippen LogP contribution in [-0.4, -0.2) is 25.6 Å². The van der Waals surface area contributed by atoms with Crippen molar-refractivity contribution in [3.8, 4) is 0 Å². The summed E-state index contributed by atoms with van der Waals surface area (Å²) in [5.74, 6) is -1.41. The number of hydrogen-bond donors (Lipinski definition) is 1. The zero-order valence-corrected chi connectivity index (χ0v) is 6.82. The van der Waals surface area contributed by atoms with Crippen molar-refractivity contribution in [3.05, 3.63) is 22.0 Å². The Morgan fingerprint density at radius 1 is 1.83 bits per heavy atom. The normalized spacial score (nSPS) is 9.75. The average molecular weight is 189 g/mol. The smallest absolute Gasteiger partial charge is 0.363 e. The van der Waals surface area contributed by atoms with Crippen LogP contribution in [0.3, 0.4) is 0 Å². The van der Waals surface area contributed by atoms with Crippen LogP contribution in [0.5, 0.6) is 0 Å². The molecule has 0 saturated heterocycles. The number of carboxylic acid groups (broad SMARTS) is 1. The lowest BCUT2D eigenvalue weighted by Gasteiger charge is -1.85. The molecular formula is C4H4N3O4P. The van der Waals surface area contributed by atoms with Crippen molar-refractivity contribution in [2.75, 3.05) is 0 Å². The topological polar surface area (TPSA) is 98.3 Å². The number of rotatable bonds is 2. The van der Waals surface area contributed by atoms with Gasteiger partial charge in [0, 0.05) is 0 Å². The van der Waals surface area contributed by atoms with Gasteiger partial charge in [-0.15, -0.1) is 0 Å². The van der Waals surface area contributed by atoms with Gasteiger partial charge in [-0.3, -0.25) is 14.6 Å². The summed E-state index contributed by atoms with van der Waals surface area (Å²) in [6.07, 6.45) is 1.01. The number of nitrogens with zero attached hydrogens (tertiary/aromatic N) is 3. The Labute approximate surface area is 68.4 Å². The van der Waals surface area contributed by atoms with E-state index in [-0.39, 0.29) is 0 Å². The van der Waals surface area contributed by atoms with Crippen molar-refractivity contribution < 1.29 is 14.8 Å². The molecule has 12 heavy (non-hydrogen) atoms. The van der Waals surface area contributed by atoms with E-state index in [1.54, 1.807) is 0 Å². The van der Waals surface area contributed by atoms with Gasteiger partial charge in [-0.1, -0.05) is 0 Å². The molecule has 1 aromatic rings. The van der Waals surface area contributed by atoms with E-state index in [1.165, 1.54) is 0 Å². The van der Waals surface area contributed by atoms with E-state index >= 15 is 0 Å². The van der Waals surface area contributed by atoms with Crippen LogP contribution in [-0.2, 0) is 0 Å². The number of aromatic carboxylic acids is 1. The lowest BCUT2D eigenvalue weighted by Crippen LogP contribution is -2.01. The third-order valence-corrected chi connectivity index (χ3v) is 1.38. The quantitative estimate of drug-likeness (QED) is 0.405. The lowest BCUT2D eigenvalue weighted by atomic mass is 10.4. The van der Waals surface area contributed by atoms with Crippen LogP contribution in [0, 0.1) is 10.1 Å². The zero-order valence-electron chi connectivity index (χ0n) is 5.67. The minimum Gasteiger partial charge on any atom is -0.476 e. The predicted molar refractivity (Wildman–Crippen MR) is 40.9 cm³/mol. The highest BCUT2D eigenvalue weighted by atomic mass is 31.0. The molecule has 1 atom stereocenters. The minimum absolute atomic E-state index is 0.516. The molecule has 0 aliphatic rings. The van der Waals surface area contributed by atoms with E-state index in [2.05, 4.69) is 5.10 Å². The molecule has 0 spiro atoms. The van der Waals surface area contributed by atoms with E-state index in [0.29, 0.717) is 0 Å². The highest BCUT2D eigenvalue weighted by Crippen LogP contribution is 2.17. The molecule has 0 radical (unpaired) electrons. The molecule has 1 N–H and O–H groups in total. The minimum atomic E-state index is -1.41. The molecule has 8 heteroatoms. The Morgan fingerprint density at radius 2 is 2.42 bits per heavy atom. The second-order valence-corrected chi connectivity index (χ2v) is 2.43. The Kier molecular flexibility index (Phi) is 2.05. The molecule has 0 bridgehead atoms. The Hall–Kier alpha value is -1.49. The van der Waals surface area contributed by atoms with E-state index < -0.39 is 22.3 Å². The average Bonchev–Trinajstić information content (AvgIpc) is 2.31. The number of carboxylic acids is 1. The fourth-order valence-corrected chi connectivity index (χ4v) is 0.925. The van der Waals surface area contributed by atoms with E-state index in [9.17, 15) is 14.9 Å². The van der Waals surface area contributed by atoms with Crippen molar-refractivity contribution in [1.82, 2.24) is 9.55 Å². The first kappa shape index (κ1) is 8.61. The van der Waals surface area contributed by atoms with Gasteiger partial charge >= 0.3 is 11.7 Å². The van der Waals surface area contributed by atoms with Crippen molar-refractivity contribution in [2.24, 2.45) is 0 Å². The number of nitro groups is 1. The molecule has 1 unspecified atom stereocenters. The van der Waals surface area contributed by atoms with Crippen LogP contribution in [0.4, 0.5) is 5.69 Å². The van der Waals surface area contributed by atoms with Gasteiger partial charge in [-0.25, -0.2) is 4.79 Å². The SMILES string of the molecule is O=C(O)c1nn(P)cc1[N+](=O)[O-]. The molecule has 0 aromatic carbocycles. The fourth-order valence-electron chi connectivity index (χ4n) is 0.668. The van der Waals surface area contributed by atoms with E-state index in [1.807, 2.05) is 9.39 Å². The maximum atomic E-state index is 10.4. The summed E-state index contributed by atoms with van der Waals surface area (Å²) >= 11 is 0. The summed E-state index contributed by atoms with van der Waals surface area (Å²) in [5.41, 5.74) is -1.08. The molecule has 1 rings (SSSR count). The first-order chi connectivity index (χ1) is 5.52. The van der Waals surface area contributed by atoms with Crippen LogP contribution in [0.2, 0.25) is 0 Å².